The van der Waals surface area contributed by atoms with Gasteiger partial charge in [0.1, 0.15) is 0 Å². The Kier molecular flexibility index (Phi) is 3.47. The van der Waals surface area contributed by atoms with Crippen LogP contribution >= 0.6 is 7.26 Å². The van der Waals surface area contributed by atoms with Crippen LogP contribution in [0.25, 0.3) is 0 Å². The van der Waals surface area contributed by atoms with E-state index in [1.165, 1.54) is 5.30 Å². The van der Waals surface area contributed by atoms with Crippen LogP contribution in [0.4, 0.5) is 0 Å². The van der Waals surface area contributed by atoms with Gasteiger partial charge in [-0.25, -0.2) is 0 Å². The molecule has 13 heavy (non-hydrogen) atoms. The van der Waals surface area contributed by atoms with Crippen molar-refractivity contribution in [1.82, 2.24) is 0 Å². The molecule has 1 nitrogen and oxygen atoms in total. The number of rotatable bonds is 3. The van der Waals surface area contributed by atoms with Gasteiger partial charge in [0.25, 0.3) is 0 Å². The summed E-state index contributed by atoms with van der Waals surface area (Å²) in [6.45, 7) is 6.41. The molecular formula is C11H18OP+. The summed E-state index contributed by atoms with van der Waals surface area (Å²) >= 11 is 0. The van der Waals surface area contributed by atoms with Gasteiger partial charge in [-0.15, -0.1) is 0 Å². The van der Waals surface area contributed by atoms with Crippen LogP contribution in [0.3, 0.4) is 0 Å². The van der Waals surface area contributed by atoms with Crippen molar-refractivity contribution in [1.29, 1.82) is 0 Å². The van der Waals surface area contributed by atoms with E-state index in [2.05, 4.69) is 37.6 Å². The van der Waals surface area contributed by atoms with E-state index in [4.69, 9.17) is 0 Å². The maximum absolute atomic E-state index is 9.38. The third-order valence-electron chi connectivity index (χ3n) is 2.18. The lowest BCUT2D eigenvalue weighted by Crippen LogP contribution is -2.18. The molecule has 0 saturated heterocycles. The second kappa shape index (κ2) is 4.21. The standard InChI is InChI=1S/C11H18OP/c1-10(12)9-13(2,3)11-7-5-4-6-8-11/h4-8,10,12H,9H2,1-3H3/q+1. The van der Waals surface area contributed by atoms with Crippen molar-refractivity contribution in [2.75, 3.05) is 19.5 Å². The summed E-state index contributed by atoms with van der Waals surface area (Å²) in [6.07, 6.45) is 0.723. The molecule has 1 unspecified atom stereocenters. The molecule has 0 spiro atoms. The first-order valence-electron chi connectivity index (χ1n) is 4.59. The molecular weight excluding hydrogens is 179 g/mol. The average molecular weight is 197 g/mol. The fraction of sp³-hybridized carbons (Fsp3) is 0.455. The van der Waals surface area contributed by atoms with Crippen molar-refractivity contribution in [3.8, 4) is 0 Å². The van der Waals surface area contributed by atoms with Crippen molar-refractivity contribution in [3.63, 3.8) is 0 Å². The fourth-order valence-electron chi connectivity index (χ4n) is 1.60. The molecule has 0 aliphatic carbocycles. The SMILES string of the molecule is CC(O)C[P+](C)(C)c1ccccc1. The Morgan fingerprint density at radius 3 is 2.23 bits per heavy atom. The van der Waals surface area contributed by atoms with Crippen molar-refractivity contribution in [2.45, 2.75) is 13.0 Å². The highest BCUT2D eigenvalue weighted by Crippen LogP contribution is 2.49. The van der Waals surface area contributed by atoms with Crippen LogP contribution in [0.5, 0.6) is 0 Å². The molecule has 0 radical (unpaired) electrons. The Bertz CT molecular complexity index is 254. The van der Waals surface area contributed by atoms with Gasteiger partial charge in [-0.05, 0) is 19.1 Å². The molecule has 0 fully saturated rings. The molecule has 0 saturated carbocycles. The van der Waals surface area contributed by atoms with E-state index in [0.717, 1.165) is 6.16 Å². The zero-order valence-corrected chi connectivity index (χ0v) is 9.46. The normalized spacial score (nSPS) is 14.2. The smallest absolute Gasteiger partial charge is 0.0934 e. The summed E-state index contributed by atoms with van der Waals surface area (Å²) < 4.78 is 0. The molecule has 1 atom stereocenters. The van der Waals surface area contributed by atoms with Crippen LogP contribution in [0.2, 0.25) is 0 Å². The number of hydrogen-bond donors (Lipinski definition) is 1. The molecule has 1 aromatic rings. The van der Waals surface area contributed by atoms with Crippen LogP contribution in [-0.4, -0.2) is 30.7 Å². The van der Waals surface area contributed by atoms with Crippen LogP contribution < -0.4 is 5.30 Å². The van der Waals surface area contributed by atoms with Crippen LogP contribution in [0.15, 0.2) is 30.3 Å². The van der Waals surface area contributed by atoms with Crippen LogP contribution in [0.1, 0.15) is 6.92 Å². The van der Waals surface area contributed by atoms with Gasteiger partial charge in [0.2, 0.25) is 0 Å². The van der Waals surface area contributed by atoms with E-state index < -0.39 is 7.26 Å². The molecule has 1 aromatic carbocycles. The fourth-order valence-corrected chi connectivity index (χ4v) is 4.11. The molecule has 0 aliphatic rings. The molecule has 0 heterocycles. The van der Waals surface area contributed by atoms with Gasteiger partial charge >= 0.3 is 0 Å². The summed E-state index contributed by atoms with van der Waals surface area (Å²) in [6, 6.07) is 10.5. The molecule has 72 valence electrons. The first-order valence-corrected chi connectivity index (χ1v) is 7.46. The molecule has 0 amide bonds. The summed E-state index contributed by atoms with van der Waals surface area (Å²) in [5, 5.41) is 10.8. The number of hydrogen-bond acceptors (Lipinski definition) is 1. The van der Waals surface area contributed by atoms with Gasteiger partial charge in [0.15, 0.2) is 0 Å². The van der Waals surface area contributed by atoms with Gasteiger partial charge in [0.05, 0.1) is 30.9 Å². The van der Waals surface area contributed by atoms with E-state index in [1.54, 1.807) is 0 Å². The molecule has 0 bridgehead atoms. The highest BCUT2D eigenvalue weighted by atomic mass is 31.2. The van der Waals surface area contributed by atoms with Crippen LogP contribution in [0, 0.1) is 0 Å². The number of aliphatic hydroxyl groups excluding tert-OH is 1. The summed E-state index contributed by atoms with van der Waals surface area (Å²) in [5.41, 5.74) is 0. The third-order valence-corrected chi connectivity index (χ3v) is 5.31. The number of benzene rings is 1. The van der Waals surface area contributed by atoms with Crippen molar-refractivity contribution >= 4 is 12.6 Å². The lowest BCUT2D eigenvalue weighted by atomic mass is 10.4. The average Bonchev–Trinajstić information content (AvgIpc) is 2.04. The predicted octanol–water partition coefficient (Wildman–Crippen LogP) is 1.97. The minimum atomic E-state index is -1.10. The minimum Gasteiger partial charge on any atom is -0.390 e. The second-order valence-electron chi connectivity index (χ2n) is 4.05. The lowest BCUT2D eigenvalue weighted by molar-refractivity contribution is 0.219. The Hall–Kier alpha value is -0.390. The highest BCUT2D eigenvalue weighted by molar-refractivity contribution is 7.81. The van der Waals surface area contributed by atoms with Crippen molar-refractivity contribution in [3.05, 3.63) is 30.3 Å². The monoisotopic (exact) mass is 197 g/mol. The molecule has 0 aromatic heterocycles. The minimum absolute atomic E-state index is 0.191. The quantitative estimate of drug-likeness (QED) is 0.734. The maximum atomic E-state index is 9.38. The van der Waals surface area contributed by atoms with Crippen molar-refractivity contribution < 1.29 is 5.11 Å². The molecule has 0 aliphatic heterocycles. The maximum Gasteiger partial charge on any atom is 0.0934 e. The Morgan fingerprint density at radius 1 is 1.23 bits per heavy atom. The predicted molar refractivity (Wildman–Crippen MR) is 61.4 cm³/mol. The summed E-state index contributed by atoms with van der Waals surface area (Å²) in [7, 11) is -1.10. The van der Waals surface area contributed by atoms with Gasteiger partial charge in [0, 0.05) is 7.26 Å². The summed E-state index contributed by atoms with van der Waals surface area (Å²) in [5.74, 6) is 0. The first-order chi connectivity index (χ1) is 6.02. The Labute approximate surface area is 81.1 Å². The van der Waals surface area contributed by atoms with Gasteiger partial charge in [-0.2, -0.15) is 0 Å². The third kappa shape index (κ3) is 3.10. The lowest BCUT2D eigenvalue weighted by Gasteiger charge is -2.19. The van der Waals surface area contributed by atoms with E-state index in [1.807, 2.05) is 13.0 Å². The van der Waals surface area contributed by atoms with E-state index in [9.17, 15) is 5.11 Å². The zero-order valence-electron chi connectivity index (χ0n) is 8.57. The molecule has 1 N–H and O–H groups in total. The van der Waals surface area contributed by atoms with Crippen molar-refractivity contribution in [2.24, 2.45) is 0 Å². The van der Waals surface area contributed by atoms with Gasteiger partial charge in [-0.1, -0.05) is 18.2 Å². The first kappa shape index (κ1) is 10.7. The number of aliphatic hydroxyl groups is 1. The van der Waals surface area contributed by atoms with Gasteiger partial charge < -0.3 is 5.11 Å². The largest absolute Gasteiger partial charge is 0.390 e. The topological polar surface area (TPSA) is 20.2 Å². The zero-order chi connectivity index (χ0) is 9.90. The van der Waals surface area contributed by atoms with E-state index >= 15 is 0 Å². The Balaban J connectivity index is 2.81. The van der Waals surface area contributed by atoms with E-state index in [-0.39, 0.29) is 6.10 Å². The molecule has 1 rings (SSSR count). The van der Waals surface area contributed by atoms with Crippen LogP contribution in [-0.2, 0) is 0 Å². The second-order valence-corrected chi connectivity index (χ2v) is 8.30. The Morgan fingerprint density at radius 2 is 1.77 bits per heavy atom. The van der Waals surface area contributed by atoms with E-state index in [0.29, 0.717) is 0 Å². The highest BCUT2D eigenvalue weighted by Gasteiger charge is 2.29. The van der Waals surface area contributed by atoms with Gasteiger partial charge in [-0.3, -0.25) is 0 Å². The summed E-state index contributed by atoms with van der Waals surface area (Å²) in [4.78, 5) is 0. The molecule has 2 heteroatoms.